The summed E-state index contributed by atoms with van der Waals surface area (Å²) in [7, 11) is 3.19. The van der Waals surface area contributed by atoms with E-state index in [1.807, 2.05) is 18.2 Å². The first-order valence-electron chi connectivity index (χ1n) is 10.5. The first kappa shape index (κ1) is 22.6. The first-order valence-corrected chi connectivity index (χ1v) is 10.5. The number of rotatable bonds is 7. The summed E-state index contributed by atoms with van der Waals surface area (Å²) < 4.78 is 12.2. The predicted molar refractivity (Wildman–Crippen MR) is 131 cm³/mol. The summed E-state index contributed by atoms with van der Waals surface area (Å²) in [4.78, 5) is 37.6. The smallest absolute Gasteiger partial charge is 0.262 e. The van der Waals surface area contributed by atoms with Crippen molar-refractivity contribution in [2.75, 3.05) is 24.4 Å². The highest BCUT2D eigenvalue weighted by Gasteiger charge is 2.14. The molecule has 0 aliphatic heterocycles. The molecule has 34 heavy (non-hydrogen) atoms. The summed E-state index contributed by atoms with van der Waals surface area (Å²) in [6.45, 7) is -0.212. The number of anilines is 2. The van der Waals surface area contributed by atoms with Gasteiger partial charge in [0.05, 0.1) is 18.2 Å². The molecule has 4 rings (SSSR count). The molecule has 0 spiro atoms. The number of benzene rings is 3. The van der Waals surface area contributed by atoms with Gasteiger partial charge in [0.2, 0.25) is 0 Å². The summed E-state index contributed by atoms with van der Waals surface area (Å²) in [6.07, 6.45) is 0. The molecule has 8 nitrogen and oxygen atoms in total. The maximum Gasteiger partial charge on any atom is 0.262 e. The summed E-state index contributed by atoms with van der Waals surface area (Å²) in [5, 5.41) is 6.20. The highest BCUT2D eigenvalue weighted by Crippen LogP contribution is 2.26. The van der Waals surface area contributed by atoms with Crippen molar-refractivity contribution < 1.29 is 19.1 Å². The van der Waals surface area contributed by atoms with Gasteiger partial charge in [-0.25, -0.2) is 0 Å². The number of nitrogens with zero attached hydrogens (tertiary/aromatic N) is 1. The average molecular weight is 457 g/mol. The number of hydrogen-bond acceptors (Lipinski definition) is 5. The maximum absolute atomic E-state index is 13.0. The van der Waals surface area contributed by atoms with Gasteiger partial charge in [0, 0.05) is 29.9 Å². The van der Waals surface area contributed by atoms with Crippen LogP contribution in [0.4, 0.5) is 11.4 Å². The van der Waals surface area contributed by atoms with Crippen molar-refractivity contribution in [3.8, 4) is 11.5 Å². The first-order chi connectivity index (χ1) is 16.5. The Balaban J connectivity index is 1.45. The number of ether oxygens (including phenoxy) is 2. The van der Waals surface area contributed by atoms with Crippen LogP contribution in [0.15, 0.2) is 83.7 Å². The fourth-order valence-corrected chi connectivity index (χ4v) is 3.55. The number of aryl methyl sites for hydroxylation is 1. The molecule has 1 aromatic heterocycles. The zero-order valence-corrected chi connectivity index (χ0v) is 18.7. The van der Waals surface area contributed by atoms with Gasteiger partial charge in [-0.1, -0.05) is 36.4 Å². The molecule has 1 heterocycles. The maximum atomic E-state index is 13.0. The van der Waals surface area contributed by atoms with E-state index in [4.69, 9.17) is 9.47 Å². The Hall–Kier alpha value is -4.59. The van der Waals surface area contributed by atoms with E-state index < -0.39 is 5.91 Å². The standard InChI is InChI=1S/C26H23N3O5/c1-29-21-11-4-3-10-19(21)20(15-25(29)31)26(32)28-18-9-7-8-17(14-18)27-24(30)16-34-23-13-6-5-12-22(23)33-2/h3-15H,16H2,1-2H3,(H,27,30)(H,28,32). The highest BCUT2D eigenvalue weighted by molar-refractivity contribution is 6.12. The summed E-state index contributed by atoms with van der Waals surface area (Å²) in [6, 6.07) is 22.3. The SMILES string of the molecule is COc1ccccc1OCC(=O)Nc1cccc(NC(=O)c2cc(=O)n(C)c3ccccc23)c1. The molecule has 0 radical (unpaired) electrons. The zero-order chi connectivity index (χ0) is 24.1. The molecule has 4 aromatic rings. The quantitative estimate of drug-likeness (QED) is 0.440. The number of amides is 2. The lowest BCUT2D eigenvalue weighted by Crippen LogP contribution is -2.22. The topological polar surface area (TPSA) is 98.7 Å². The van der Waals surface area contributed by atoms with Crippen molar-refractivity contribution in [3.63, 3.8) is 0 Å². The van der Waals surface area contributed by atoms with Crippen LogP contribution in [0, 0.1) is 0 Å². The molecule has 2 N–H and O–H groups in total. The van der Waals surface area contributed by atoms with Crippen LogP contribution >= 0.6 is 0 Å². The van der Waals surface area contributed by atoms with Crippen LogP contribution in [-0.2, 0) is 11.8 Å². The number of carbonyl (C=O) groups excluding carboxylic acids is 2. The van der Waals surface area contributed by atoms with Gasteiger partial charge in [-0.2, -0.15) is 0 Å². The Morgan fingerprint density at radius 1 is 0.853 bits per heavy atom. The largest absolute Gasteiger partial charge is 0.493 e. The molecule has 0 aliphatic rings. The van der Waals surface area contributed by atoms with Gasteiger partial charge < -0.3 is 24.7 Å². The van der Waals surface area contributed by atoms with Crippen molar-refractivity contribution in [2.24, 2.45) is 7.05 Å². The number of pyridine rings is 1. The van der Waals surface area contributed by atoms with Gasteiger partial charge in [-0.15, -0.1) is 0 Å². The van der Waals surface area contributed by atoms with Gasteiger partial charge in [-0.05, 0) is 36.4 Å². The summed E-state index contributed by atoms with van der Waals surface area (Å²) in [5.74, 6) is 0.203. The summed E-state index contributed by atoms with van der Waals surface area (Å²) >= 11 is 0. The van der Waals surface area contributed by atoms with Crippen LogP contribution in [0.5, 0.6) is 11.5 Å². The average Bonchev–Trinajstić information content (AvgIpc) is 2.85. The van der Waals surface area contributed by atoms with Gasteiger partial charge in [-0.3, -0.25) is 14.4 Å². The number of aromatic nitrogens is 1. The number of nitrogens with one attached hydrogen (secondary N) is 2. The number of hydrogen-bond donors (Lipinski definition) is 2. The van der Waals surface area contributed by atoms with Crippen molar-refractivity contribution in [1.29, 1.82) is 0 Å². The van der Waals surface area contributed by atoms with Gasteiger partial charge >= 0.3 is 0 Å². The predicted octanol–water partition coefficient (Wildman–Crippen LogP) is 3.82. The molecular formula is C26H23N3O5. The molecule has 8 heteroatoms. The molecule has 172 valence electrons. The Morgan fingerprint density at radius 2 is 1.53 bits per heavy atom. The number of fused-ring (bicyclic) bond motifs is 1. The van der Waals surface area contributed by atoms with Crippen LogP contribution in [-0.4, -0.2) is 30.1 Å². The number of methoxy groups -OCH3 is 1. The molecule has 0 aliphatic carbocycles. The number of carbonyl (C=O) groups is 2. The van der Waals surface area contributed by atoms with E-state index in [1.54, 1.807) is 61.6 Å². The van der Waals surface area contributed by atoms with Crippen LogP contribution in [0.1, 0.15) is 10.4 Å². The van der Waals surface area contributed by atoms with Crippen LogP contribution in [0.3, 0.4) is 0 Å². The lowest BCUT2D eigenvalue weighted by Gasteiger charge is -2.12. The van der Waals surface area contributed by atoms with Crippen molar-refractivity contribution >= 4 is 34.1 Å². The third-order valence-corrected chi connectivity index (χ3v) is 5.23. The minimum absolute atomic E-state index is 0.212. The Morgan fingerprint density at radius 3 is 2.29 bits per heavy atom. The van der Waals surface area contributed by atoms with E-state index in [2.05, 4.69) is 10.6 Å². The van der Waals surface area contributed by atoms with E-state index in [9.17, 15) is 14.4 Å². The summed E-state index contributed by atoms with van der Waals surface area (Å²) in [5.41, 5.74) is 1.62. The van der Waals surface area contributed by atoms with Crippen LogP contribution in [0.25, 0.3) is 10.9 Å². The molecule has 3 aromatic carbocycles. The lowest BCUT2D eigenvalue weighted by molar-refractivity contribution is -0.118. The molecule has 0 saturated carbocycles. The Kier molecular flexibility index (Phi) is 6.59. The van der Waals surface area contributed by atoms with Crippen LogP contribution < -0.4 is 25.7 Å². The zero-order valence-electron chi connectivity index (χ0n) is 18.7. The Labute approximate surface area is 195 Å². The fraction of sp³-hybridized carbons (Fsp3) is 0.115. The van der Waals surface area contributed by atoms with Crippen molar-refractivity contribution in [2.45, 2.75) is 0 Å². The van der Waals surface area contributed by atoms with E-state index in [-0.39, 0.29) is 23.6 Å². The van der Waals surface area contributed by atoms with Gasteiger partial charge in [0.25, 0.3) is 17.4 Å². The van der Waals surface area contributed by atoms with E-state index in [0.717, 1.165) is 0 Å². The molecule has 0 unspecified atom stereocenters. The molecular weight excluding hydrogens is 434 g/mol. The normalized spacial score (nSPS) is 10.5. The molecule has 2 amide bonds. The van der Waals surface area contributed by atoms with E-state index in [0.29, 0.717) is 33.8 Å². The molecule has 0 atom stereocenters. The van der Waals surface area contributed by atoms with Gasteiger partial charge in [0.1, 0.15) is 0 Å². The minimum atomic E-state index is -0.420. The van der Waals surface area contributed by atoms with Crippen LogP contribution in [0.2, 0.25) is 0 Å². The second-order valence-electron chi connectivity index (χ2n) is 7.50. The van der Waals surface area contributed by atoms with Crippen molar-refractivity contribution in [3.05, 3.63) is 94.8 Å². The van der Waals surface area contributed by atoms with Gasteiger partial charge in [0.15, 0.2) is 18.1 Å². The van der Waals surface area contributed by atoms with E-state index in [1.165, 1.54) is 17.7 Å². The third-order valence-electron chi connectivity index (χ3n) is 5.23. The second kappa shape index (κ2) is 9.91. The third kappa shape index (κ3) is 4.91. The monoisotopic (exact) mass is 457 g/mol. The minimum Gasteiger partial charge on any atom is -0.493 e. The van der Waals surface area contributed by atoms with E-state index >= 15 is 0 Å². The van der Waals surface area contributed by atoms with Crippen molar-refractivity contribution in [1.82, 2.24) is 4.57 Å². The lowest BCUT2D eigenvalue weighted by atomic mass is 10.1. The molecule has 0 saturated heterocycles. The molecule has 0 fully saturated rings. The Bertz CT molecular complexity index is 1430. The molecule has 0 bridgehead atoms. The highest BCUT2D eigenvalue weighted by atomic mass is 16.5. The number of para-hydroxylation sites is 3. The fourth-order valence-electron chi connectivity index (χ4n) is 3.55. The second-order valence-corrected chi connectivity index (χ2v) is 7.50.